The van der Waals surface area contributed by atoms with Crippen LogP contribution in [0.5, 0.6) is 0 Å². The Labute approximate surface area is 90.0 Å². The molecule has 2 aliphatic heterocycles. The van der Waals surface area contributed by atoms with Gasteiger partial charge in [-0.05, 0) is 25.7 Å². The van der Waals surface area contributed by atoms with Crippen molar-refractivity contribution in [1.29, 1.82) is 0 Å². The number of likely N-dealkylation sites (N-methyl/N-ethyl adjacent to an activating group) is 1. The Morgan fingerprint density at radius 1 is 1.53 bits per heavy atom. The molecule has 2 heterocycles. The molecule has 2 saturated heterocycles. The number of rotatable bonds is 5. The lowest BCUT2D eigenvalue weighted by Gasteiger charge is -2.45. The molecule has 0 radical (unpaired) electrons. The standard InChI is InChI=1S/C9H19N5O/c1-10-8(13-11-2)3-7-4-12-9(7)14-5-15-6-14/h3,8-13H,4-6H2,1-2H3/b7-3+. The van der Waals surface area contributed by atoms with Gasteiger partial charge in [-0.25, -0.2) is 10.3 Å². The summed E-state index contributed by atoms with van der Waals surface area (Å²) in [7, 11) is 3.79. The molecular weight excluding hydrogens is 194 g/mol. The predicted molar refractivity (Wildman–Crippen MR) is 57.6 cm³/mol. The number of hydrazine groups is 1. The van der Waals surface area contributed by atoms with Crippen molar-refractivity contribution in [3.8, 4) is 0 Å². The van der Waals surface area contributed by atoms with Gasteiger partial charge < -0.3 is 10.1 Å². The fraction of sp³-hybridized carbons (Fsp3) is 0.778. The summed E-state index contributed by atoms with van der Waals surface area (Å²) in [6.07, 6.45) is 2.74. The van der Waals surface area contributed by atoms with Crippen LogP contribution in [0, 0.1) is 0 Å². The summed E-state index contributed by atoms with van der Waals surface area (Å²) in [5.74, 6) is 0. The van der Waals surface area contributed by atoms with Gasteiger partial charge in [-0.3, -0.25) is 10.7 Å². The van der Waals surface area contributed by atoms with Crippen molar-refractivity contribution in [2.24, 2.45) is 0 Å². The second kappa shape index (κ2) is 5.02. The number of nitrogens with zero attached hydrogens (tertiary/aromatic N) is 1. The Bertz CT molecular complexity index is 241. The normalized spacial score (nSPS) is 31.1. The van der Waals surface area contributed by atoms with E-state index in [1.54, 1.807) is 0 Å². The number of hydrogen-bond acceptors (Lipinski definition) is 6. The zero-order chi connectivity index (χ0) is 10.7. The molecule has 2 aliphatic rings. The van der Waals surface area contributed by atoms with Gasteiger partial charge in [-0.1, -0.05) is 0 Å². The fourth-order valence-electron chi connectivity index (χ4n) is 1.74. The summed E-state index contributed by atoms with van der Waals surface area (Å²) >= 11 is 0. The molecule has 15 heavy (non-hydrogen) atoms. The molecule has 0 saturated carbocycles. The van der Waals surface area contributed by atoms with Gasteiger partial charge in [0.2, 0.25) is 0 Å². The summed E-state index contributed by atoms with van der Waals surface area (Å²) in [5.41, 5.74) is 7.44. The zero-order valence-corrected chi connectivity index (χ0v) is 9.21. The van der Waals surface area contributed by atoms with Crippen LogP contribution in [-0.2, 0) is 4.74 Å². The molecule has 0 aromatic carbocycles. The number of nitrogens with one attached hydrogen (secondary N) is 4. The smallest absolute Gasteiger partial charge is 0.104 e. The van der Waals surface area contributed by atoms with Crippen LogP contribution < -0.4 is 21.5 Å². The molecule has 0 bridgehead atoms. The molecule has 2 atom stereocenters. The highest BCUT2D eigenvalue weighted by Gasteiger charge is 2.33. The van der Waals surface area contributed by atoms with Crippen LogP contribution in [0.3, 0.4) is 0 Å². The zero-order valence-electron chi connectivity index (χ0n) is 9.21. The molecule has 0 amide bonds. The highest BCUT2D eigenvalue weighted by molar-refractivity contribution is 5.22. The van der Waals surface area contributed by atoms with Crippen molar-refractivity contribution in [2.75, 3.05) is 34.1 Å². The SMILES string of the molecule is CNNC(/C=C1\CNC1N1COC1)NC. The van der Waals surface area contributed by atoms with E-state index in [4.69, 9.17) is 4.74 Å². The minimum absolute atomic E-state index is 0.164. The average Bonchev–Trinajstić information content (AvgIpc) is 2.16. The van der Waals surface area contributed by atoms with Gasteiger partial charge in [0, 0.05) is 6.54 Å². The van der Waals surface area contributed by atoms with E-state index in [1.165, 1.54) is 5.57 Å². The maximum absolute atomic E-state index is 5.13. The highest BCUT2D eigenvalue weighted by Crippen LogP contribution is 2.20. The van der Waals surface area contributed by atoms with Crippen LogP contribution >= 0.6 is 0 Å². The molecule has 2 unspecified atom stereocenters. The molecule has 86 valence electrons. The number of ether oxygens (including phenoxy) is 1. The van der Waals surface area contributed by atoms with E-state index in [0.717, 1.165) is 20.0 Å². The third-order valence-electron chi connectivity index (χ3n) is 2.72. The molecular formula is C9H19N5O. The van der Waals surface area contributed by atoms with Gasteiger partial charge in [0.25, 0.3) is 0 Å². The Balaban J connectivity index is 1.87. The maximum Gasteiger partial charge on any atom is 0.104 e. The first-order valence-corrected chi connectivity index (χ1v) is 5.20. The lowest BCUT2D eigenvalue weighted by atomic mass is 10.0. The van der Waals surface area contributed by atoms with Crippen molar-refractivity contribution >= 4 is 0 Å². The van der Waals surface area contributed by atoms with E-state index in [1.807, 2.05) is 14.1 Å². The topological polar surface area (TPSA) is 60.6 Å². The van der Waals surface area contributed by atoms with Crippen LogP contribution in [0.4, 0.5) is 0 Å². The van der Waals surface area contributed by atoms with E-state index in [9.17, 15) is 0 Å². The monoisotopic (exact) mass is 213 g/mol. The molecule has 0 aliphatic carbocycles. The summed E-state index contributed by atoms with van der Waals surface area (Å²) in [4.78, 5) is 2.25. The lowest BCUT2D eigenvalue weighted by molar-refractivity contribution is -0.170. The third kappa shape index (κ3) is 2.36. The van der Waals surface area contributed by atoms with Gasteiger partial charge in [0.05, 0.1) is 12.3 Å². The number of hydrogen-bond donors (Lipinski definition) is 4. The molecule has 0 aromatic rings. The quantitative estimate of drug-likeness (QED) is 0.250. The van der Waals surface area contributed by atoms with E-state index in [2.05, 4.69) is 32.5 Å². The lowest BCUT2D eigenvalue weighted by Crippen LogP contribution is -2.62. The van der Waals surface area contributed by atoms with Crippen molar-refractivity contribution < 1.29 is 4.74 Å². The van der Waals surface area contributed by atoms with E-state index in [-0.39, 0.29) is 6.17 Å². The summed E-state index contributed by atoms with van der Waals surface area (Å²) in [6.45, 7) is 2.43. The molecule has 2 rings (SSSR count). The van der Waals surface area contributed by atoms with Gasteiger partial charge >= 0.3 is 0 Å². The summed E-state index contributed by atoms with van der Waals surface area (Å²) < 4.78 is 5.13. The largest absolute Gasteiger partial charge is 0.350 e. The van der Waals surface area contributed by atoms with E-state index >= 15 is 0 Å². The van der Waals surface area contributed by atoms with Gasteiger partial charge in [-0.2, -0.15) is 0 Å². The molecule has 2 fully saturated rings. The van der Waals surface area contributed by atoms with Crippen LogP contribution in [0.2, 0.25) is 0 Å². The second-order valence-electron chi connectivity index (χ2n) is 3.74. The first-order chi connectivity index (χ1) is 7.35. The highest BCUT2D eigenvalue weighted by atomic mass is 16.5. The molecule has 4 N–H and O–H groups in total. The minimum Gasteiger partial charge on any atom is -0.350 e. The summed E-state index contributed by atoms with van der Waals surface area (Å²) in [6, 6.07) is 0. The van der Waals surface area contributed by atoms with Gasteiger partial charge in [-0.15, -0.1) is 0 Å². The molecule has 6 nitrogen and oxygen atoms in total. The average molecular weight is 213 g/mol. The third-order valence-corrected chi connectivity index (χ3v) is 2.72. The van der Waals surface area contributed by atoms with Crippen molar-refractivity contribution in [3.05, 3.63) is 11.6 Å². The van der Waals surface area contributed by atoms with Crippen molar-refractivity contribution in [1.82, 2.24) is 26.4 Å². The second-order valence-corrected chi connectivity index (χ2v) is 3.74. The molecule has 0 spiro atoms. The van der Waals surface area contributed by atoms with Crippen LogP contribution in [0.25, 0.3) is 0 Å². The molecule has 6 heteroatoms. The van der Waals surface area contributed by atoms with Crippen LogP contribution in [-0.4, -0.2) is 51.3 Å². The van der Waals surface area contributed by atoms with E-state index < -0.39 is 0 Å². The Morgan fingerprint density at radius 2 is 2.33 bits per heavy atom. The fourth-order valence-corrected chi connectivity index (χ4v) is 1.74. The van der Waals surface area contributed by atoms with E-state index in [0.29, 0.717) is 6.17 Å². The molecule has 0 aromatic heterocycles. The Hall–Kier alpha value is -0.500. The first-order valence-electron chi connectivity index (χ1n) is 5.20. The van der Waals surface area contributed by atoms with Crippen LogP contribution in [0.1, 0.15) is 0 Å². The van der Waals surface area contributed by atoms with Gasteiger partial charge in [0.1, 0.15) is 13.5 Å². The van der Waals surface area contributed by atoms with Crippen LogP contribution in [0.15, 0.2) is 11.6 Å². The maximum atomic E-state index is 5.13. The minimum atomic E-state index is 0.164. The summed E-state index contributed by atoms with van der Waals surface area (Å²) in [5, 5.41) is 6.54. The van der Waals surface area contributed by atoms with Crippen molar-refractivity contribution in [2.45, 2.75) is 12.3 Å². The first kappa shape index (κ1) is 11.0. The van der Waals surface area contributed by atoms with Crippen molar-refractivity contribution in [3.63, 3.8) is 0 Å². The Morgan fingerprint density at radius 3 is 2.73 bits per heavy atom. The predicted octanol–water partition coefficient (Wildman–Crippen LogP) is -1.64. The Kier molecular flexibility index (Phi) is 3.68. The van der Waals surface area contributed by atoms with Gasteiger partial charge in [0.15, 0.2) is 0 Å².